The van der Waals surface area contributed by atoms with Crippen LogP contribution in [0.5, 0.6) is 0 Å². The maximum absolute atomic E-state index is 11.5. The van der Waals surface area contributed by atoms with Crippen LogP contribution in [0.2, 0.25) is 0 Å². The van der Waals surface area contributed by atoms with E-state index >= 15 is 0 Å². The standard InChI is InChI=1S/C14H28O2/c1-5-12(3)14(15)10-8-7-9-11-16-13(4)6-2/h12-13H,5-11H2,1-4H3. The maximum Gasteiger partial charge on any atom is 0.135 e. The van der Waals surface area contributed by atoms with Crippen molar-refractivity contribution in [2.24, 2.45) is 5.92 Å². The first-order valence-corrected chi connectivity index (χ1v) is 6.76. The van der Waals surface area contributed by atoms with Gasteiger partial charge in [-0.05, 0) is 32.6 Å². The van der Waals surface area contributed by atoms with E-state index in [2.05, 4.69) is 20.8 Å². The van der Waals surface area contributed by atoms with Gasteiger partial charge in [-0.2, -0.15) is 0 Å². The van der Waals surface area contributed by atoms with Gasteiger partial charge in [0, 0.05) is 18.9 Å². The SMILES string of the molecule is CCC(C)OCCCCCC(=O)C(C)CC. The molecule has 0 fully saturated rings. The number of ketones is 1. The van der Waals surface area contributed by atoms with Gasteiger partial charge in [0.25, 0.3) is 0 Å². The number of ether oxygens (including phenoxy) is 1. The van der Waals surface area contributed by atoms with Crippen molar-refractivity contribution in [1.82, 2.24) is 0 Å². The molecular formula is C14H28O2. The maximum atomic E-state index is 11.5. The van der Waals surface area contributed by atoms with E-state index in [0.29, 0.717) is 11.9 Å². The van der Waals surface area contributed by atoms with Crippen LogP contribution in [0.25, 0.3) is 0 Å². The Labute approximate surface area is 101 Å². The molecule has 0 saturated heterocycles. The van der Waals surface area contributed by atoms with Gasteiger partial charge in [-0.3, -0.25) is 4.79 Å². The lowest BCUT2D eigenvalue weighted by molar-refractivity contribution is -0.122. The molecule has 0 bridgehead atoms. The molecule has 0 spiro atoms. The molecule has 2 heteroatoms. The second kappa shape index (κ2) is 9.83. The van der Waals surface area contributed by atoms with Crippen molar-refractivity contribution in [1.29, 1.82) is 0 Å². The summed E-state index contributed by atoms with van der Waals surface area (Å²) in [7, 11) is 0. The highest BCUT2D eigenvalue weighted by Crippen LogP contribution is 2.10. The third kappa shape index (κ3) is 7.86. The summed E-state index contributed by atoms with van der Waals surface area (Å²) in [6.45, 7) is 9.17. The quantitative estimate of drug-likeness (QED) is 0.529. The van der Waals surface area contributed by atoms with E-state index in [9.17, 15) is 4.79 Å². The van der Waals surface area contributed by atoms with Gasteiger partial charge in [0.2, 0.25) is 0 Å². The highest BCUT2D eigenvalue weighted by atomic mass is 16.5. The molecule has 0 radical (unpaired) electrons. The Kier molecular flexibility index (Phi) is 9.60. The van der Waals surface area contributed by atoms with E-state index in [-0.39, 0.29) is 5.92 Å². The molecule has 0 heterocycles. The number of hydrogen-bond donors (Lipinski definition) is 0. The molecule has 0 amide bonds. The summed E-state index contributed by atoms with van der Waals surface area (Å²) in [6.07, 6.45) is 6.38. The highest BCUT2D eigenvalue weighted by Gasteiger charge is 2.09. The first-order chi connectivity index (χ1) is 7.61. The molecule has 0 saturated carbocycles. The van der Waals surface area contributed by atoms with E-state index in [0.717, 1.165) is 45.1 Å². The summed E-state index contributed by atoms with van der Waals surface area (Å²) in [5.74, 6) is 0.668. The lowest BCUT2D eigenvalue weighted by Crippen LogP contribution is -2.10. The largest absolute Gasteiger partial charge is 0.379 e. The van der Waals surface area contributed by atoms with E-state index < -0.39 is 0 Å². The molecule has 0 aliphatic rings. The van der Waals surface area contributed by atoms with Gasteiger partial charge in [-0.25, -0.2) is 0 Å². The topological polar surface area (TPSA) is 26.3 Å². The molecular weight excluding hydrogens is 200 g/mol. The van der Waals surface area contributed by atoms with E-state index in [4.69, 9.17) is 4.74 Å². The zero-order valence-electron chi connectivity index (χ0n) is 11.4. The van der Waals surface area contributed by atoms with Crippen LogP contribution in [0.4, 0.5) is 0 Å². The minimum atomic E-state index is 0.247. The van der Waals surface area contributed by atoms with Gasteiger partial charge in [-0.1, -0.05) is 27.2 Å². The number of Topliss-reactive ketones (excluding diaryl/α,β-unsaturated/α-hetero) is 1. The fourth-order valence-electron chi connectivity index (χ4n) is 1.45. The van der Waals surface area contributed by atoms with Crippen LogP contribution in [-0.2, 0) is 9.53 Å². The van der Waals surface area contributed by atoms with Gasteiger partial charge >= 0.3 is 0 Å². The average molecular weight is 228 g/mol. The number of rotatable bonds is 10. The van der Waals surface area contributed by atoms with Crippen LogP contribution in [0.3, 0.4) is 0 Å². The molecule has 2 unspecified atom stereocenters. The smallest absolute Gasteiger partial charge is 0.135 e. The summed E-state index contributed by atoms with van der Waals surface area (Å²) >= 11 is 0. The Morgan fingerprint density at radius 3 is 2.31 bits per heavy atom. The summed E-state index contributed by atoms with van der Waals surface area (Å²) in [6, 6.07) is 0. The zero-order valence-corrected chi connectivity index (χ0v) is 11.4. The summed E-state index contributed by atoms with van der Waals surface area (Å²) in [5, 5.41) is 0. The lowest BCUT2D eigenvalue weighted by atomic mass is 9.99. The molecule has 96 valence electrons. The van der Waals surface area contributed by atoms with Crippen molar-refractivity contribution in [3.63, 3.8) is 0 Å². The summed E-state index contributed by atoms with van der Waals surface area (Å²) < 4.78 is 5.58. The molecule has 0 aromatic heterocycles. The fourth-order valence-corrected chi connectivity index (χ4v) is 1.45. The van der Waals surface area contributed by atoms with Gasteiger partial charge in [-0.15, -0.1) is 0 Å². The number of carbonyl (C=O) groups is 1. The van der Waals surface area contributed by atoms with Crippen molar-refractivity contribution in [2.75, 3.05) is 6.61 Å². The molecule has 2 atom stereocenters. The Balaban J connectivity index is 3.30. The second-order valence-corrected chi connectivity index (χ2v) is 4.68. The van der Waals surface area contributed by atoms with Crippen molar-refractivity contribution >= 4 is 5.78 Å². The normalized spacial score (nSPS) is 14.8. The van der Waals surface area contributed by atoms with Gasteiger partial charge in [0.1, 0.15) is 5.78 Å². The van der Waals surface area contributed by atoms with Crippen molar-refractivity contribution in [3.05, 3.63) is 0 Å². The Morgan fingerprint density at radius 1 is 1.06 bits per heavy atom. The van der Waals surface area contributed by atoms with Crippen LogP contribution in [-0.4, -0.2) is 18.5 Å². The van der Waals surface area contributed by atoms with Gasteiger partial charge in [0.15, 0.2) is 0 Å². The summed E-state index contributed by atoms with van der Waals surface area (Å²) in [4.78, 5) is 11.5. The Bertz CT molecular complexity index is 178. The first-order valence-electron chi connectivity index (χ1n) is 6.76. The predicted octanol–water partition coefficient (Wildman–Crippen LogP) is 3.98. The van der Waals surface area contributed by atoms with Gasteiger partial charge in [0.05, 0.1) is 6.10 Å². The van der Waals surface area contributed by atoms with Crippen LogP contribution < -0.4 is 0 Å². The van der Waals surface area contributed by atoms with Crippen LogP contribution in [0.15, 0.2) is 0 Å². The van der Waals surface area contributed by atoms with Crippen molar-refractivity contribution < 1.29 is 9.53 Å². The number of carbonyl (C=O) groups excluding carboxylic acids is 1. The van der Waals surface area contributed by atoms with Crippen molar-refractivity contribution in [3.8, 4) is 0 Å². The second-order valence-electron chi connectivity index (χ2n) is 4.68. The third-order valence-electron chi connectivity index (χ3n) is 3.21. The third-order valence-corrected chi connectivity index (χ3v) is 3.21. The average Bonchev–Trinajstić information content (AvgIpc) is 2.31. The van der Waals surface area contributed by atoms with Crippen LogP contribution in [0.1, 0.15) is 66.2 Å². The van der Waals surface area contributed by atoms with E-state index in [1.54, 1.807) is 0 Å². The molecule has 0 rings (SSSR count). The minimum absolute atomic E-state index is 0.247. The monoisotopic (exact) mass is 228 g/mol. The van der Waals surface area contributed by atoms with E-state index in [1.165, 1.54) is 0 Å². The number of hydrogen-bond acceptors (Lipinski definition) is 2. The molecule has 0 aliphatic carbocycles. The Hall–Kier alpha value is -0.370. The lowest BCUT2D eigenvalue weighted by Gasteiger charge is -2.10. The molecule has 16 heavy (non-hydrogen) atoms. The predicted molar refractivity (Wildman–Crippen MR) is 68.6 cm³/mol. The molecule has 0 aromatic carbocycles. The fraction of sp³-hybridized carbons (Fsp3) is 0.929. The summed E-state index contributed by atoms with van der Waals surface area (Å²) in [5.41, 5.74) is 0. The molecule has 0 aromatic rings. The van der Waals surface area contributed by atoms with Gasteiger partial charge < -0.3 is 4.74 Å². The highest BCUT2D eigenvalue weighted by molar-refractivity contribution is 5.80. The first kappa shape index (κ1) is 15.6. The van der Waals surface area contributed by atoms with Crippen molar-refractivity contribution in [2.45, 2.75) is 72.3 Å². The molecule has 2 nitrogen and oxygen atoms in total. The van der Waals surface area contributed by atoms with E-state index in [1.807, 2.05) is 6.92 Å². The minimum Gasteiger partial charge on any atom is -0.379 e. The Morgan fingerprint density at radius 2 is 1.75 bits per heavy atom. The van der Waals surface area contributed by atoms with Crippen LogP contribution >= 0.6 is 0 Å². The molecule has 0 N–H and O–H groups in total. The van der Waals surface area contributed by atoms with Crippen LogP contribution in [0, 0.1) is 5.92 Å². The molecule has 0 aliphatic heterocycles. The number of unbranched alkanes of at least 4 members (excludes halogenated alkanes) is 2. The zero-order chi connectivity index (χ0) is 12.4.